The first-order chi connectivity index (χ1) is 12.7. The largest absolute Gasteiger partial charge is 0.349 e. The Morgan fingerprint density at radius 3 is 3.12 bits per heavy atom. The minimum absolute atomic E-state index is 0.105. The first-order valence-electron chi connectivity index (χ1n) is 8.82. The predicted molar refractivity (Wildman–Crippen MR) is 97.9 cm³/mol. The molecule has 4 rings (SSSR count). The van der Waals surface area contributed by atoms with E-state index in [9.17, 15) is 9.59 Å². The molecule has 0 spiro atoms. The van der Waals surface area contributed by atoms with Gasteiger partial charge in [-0.1, -0.05) is 6.42 Å². The third kappa shape index (κ3) is 3.39. The van der Waals surface area contributed by atoms with Crippen molar-refractivity contribution in [2.24, 2.45) is 0 Å². The summed E-state index contributed by atoms with van der Waals surface area (Å²) in [6.45, 7) is 1.58. The lowest BCUT2D eigenvalue weighted by Gasteiger charge is -2.09. The van der Waals surface area contributed by atoms with Gasteiger partial charge < -0.3 is 9.88 Å². The van der Waals surface area contributed by atoms with Crippen LogP contribution in [0.1, 0.15) is 37.3 Å². The van der Waals surface area contributed by atoms with Crippen molar-refractivity contribution in [1.82, 2.24) is 29.6 Å². The molecular formula is C17H20N6O2S. The molecule has 3 aromatic heterocycles. The number of amides is 1. The summed E-state index contributed by atoms with van der Waals surface area (Å²) in [6, 6.07) is 1.77. The molecule has 0 fully saturated rings. The number of rotatable bonds is 5. The number of fused-ring (bicyclic) bond motifs is 2. The van der Waals surface area contributed by atoms with Gasteiger partial charge in [0.15, 0.2) is 5.82 Å². The number of carbonyl (C=O) groups excluding carboxylic acids is 1. The maximum Gasteiger partial charge on any atom is 0.262 e. The average Bonchev–Trinajstić information content (AvgIpc) is 3.21. The standard InChI is InChI=1S/C17H20N6O2S/c24-15(5-8-22-11-19-16-12(17(22)25)6-9-26-16)18-10-14-21-20-13-4-2-1-3-7-23(13)14/h6,9,11H,1-5,7-8,10H2,(H,18,24). The molecule has 1 N–H and O–H groups in total. The summed E-state index contributed by atoms with van der Waals surface area (Å²) >= 11 is 1.43. The molecule has 8 nitrogen and oxygen atoms in total. The normalized spacial score (nSPS) is 14.2. The van der Waals surface area contributed by atoms with Gasteiger partial charge >= 0.3 is 0 Å². The smallest absolute Gasteiger partial charge is 0.262 e. The number of thiophene rings is 1. The quantitative estimate of drug-likeness (QED) is 0.732. The summed E-state index contributed by atoms with van der Waals surface area (Å²) in [5, 5.41) is 13.8. The molecule has 26 heavy (non-hydrogen) atoms. The van der Waals surface area contributed by atoms with Gasteiger partial charge in [0.25, 0.3) is 5.56 Å². The van der Waals surface area contributed by atoms with Crippen molar-refractivity contribution < 1.29 is 4.79 Å². The van der Waals surface area contributed by atoms with Crippen molar-refractivity contribution in [3.8, 4) is 0 Å². The van der Waals surface area contributed by atoms with Crippen molar-refractivity contribution in [1.29, 1.82) is 0 Å². The minimum atomic E-state index is -0.117. The van der Waals surface area contributed by atoms with E-state index in [1.165, 1.54) is 28.7 Å². The molecule has 1 aliphatic heterocycles. The van der Waals surface area contributed by atoms with Gasteiger partial charge in [-0.15, -0.1) is 21.5 Å². The highest BCUT2D eigenvalue weighted by Gasteiger charge is 2.15. The fourth-order valence-corrected chi connectivity index (χ4v) is 3.94. The van der Waals surface area contributed by atoms with E-state index in [4.69, 9.17) is 0 Å². The SMILES string of the molecule is O=C(CCn1cnc2sccc2c1=O)NCc1nnc2n1CCCCC2. The Morgan fingerprint density at radius 2 is 2.19 bits per heavy atom. The molecule has 0 aromatic carbocycles. The van der Waals surface area contributed by atoms with Crippen molar-refractivity contribution in [3.05, 3.63) is 39.8 Å². The number of hydrogen-bond acceptors (Lipinski definition) is 6. The molecule has 136 valence electrons. The summed E-state index contributed by atoms with van der Waals surface area (Å²) in [5.74, 6) is 1.69. The summed E-state index contributed by atoms with van der Waals surface area (Å²) in [6.07, 6.45) is 6.13. The van der Waals surface area contributed by atoms with Gasteiger partial charge in [0.05, 0.1) is 18.3 Å². The van der Waals surface area contributed by atoms with Gasteiger partial charge in [-0.25, -0.2) is 4.98 Å². The molecule has 4 heterocycles. The van der Waals surface area contributed by atoms with Crippen LogP contribution in [0.2, 0.25) is 0 Å². The van der Waals surface area contributed by atoms with Crippen LogP contribution in [0.25, 0.3) is 10.2 Å². The molecule has 0 bridgehead atoms. The maximum atomic E-state index is 12.3. The van der Waals surface area contributed by atoms with E-state index in [2.05, 4.69) is 25.1 Å². The van der Waals surface area contributed by atoms with Gasteiger partial charge in [0.1, 0.15) is 10.7 Å². The van der Waals surface area contributed by atoms with Gasteiger partial charge in [-0.05, 0) is 24.3 Å². The lowest BCUT2D eigenvalue weighted by Crippen LogP contribution is -2.28. The number of aryl methyl sites for hydroxylation is 2. The molecular weight excluding hydrogens is 352 g/mol. The van der Waals surface area contributed by atoms with Crippen LogP contribution in [0, 0.1) is 0 Å². The summed E-state index contributed by atoms with van der Waals surface area (Å²) in [5.41, 5.74) is -0.105. The van der Waals surface area contributed by atoms with Crippen LogP contribution in [0.5, 0.6) is 0 Å². The molecule has 3 aromatic rings. The van der Waals surface area contributed by atoms with E-state index in [0.717, 1.165) is 42.3 Å². The van der Waals surface area contributed by atoms with Crippen LogP contribution in [0.15, 0.2) is 22.6 Å². The zero-order valence-electron chi connectivity index (χ0n) is 14.3. The van der Waals surface area contributed by atoms with Gasteiger partial charge in [-0.3, -0.25) is 14.2 Å². The first-order valence-corrected chi connectivity index (χ1v) is 9.70. The first kappa shape index (κ1) is 16.9. The highest BCUT2D eigenvalue weighted by Crippen LogP contribution is 2.15. The van der Waals surface area contributed by atoms with Crippen LogP contribution in [-0.4, -0.2) is 30.2 Å². The third-order valence-electron chi connectivity index (χ3n) is 4.66. The number of aromatic nitrogens is 5. The minimum Gasteiger partial charge on any atom is -0.349 e. The summed E-state index contributed by atoms with van der Waals surface area (Å²) < 4.78 is 3.60. The Bertz CT molecular complexity index is 989. The molecule has 0 atom stereocenters. The highest BCUT2D eigenvalue weighted by molar-refractivity contribution is 7.16. The molecule has 9 heteroatoms. The maximum absolute atomic E-state index is 12.3. The molecule has 0 radical (unpaired) electrons. The monoisotopic (exact) mass is 372 g/mol. The van der Waals surface area contributed by atoms with E-state index in [-0.39, 0.29) is 17.9 Å². The summed E-state index contributed by atoms with van der Waals surface area (Å²) in [4.78, 5) is 29.5. The second-order valence-electron chi connectivity index (χ2n) is 6.40. The Hall–Kier alpha value is -2.55. The van der Waals surface area contributed by atoms with Crippen molar-refractivity contribution in [3.63, 3.8) is 0 Å². The van der Waals surface area contributed by atoms with E-state index in [1.54, 1.807) is 6.07 Å². The van der Waals surface area contributed by atoms with Crippen molar-refractivity contribution in [2.45, 2.75) is 51.7 Å². The molecule has 1 amide bonds. The van der Waals surface area contributed by atoms with Crippen LogP contribution in [0.3, 0.4) is 0 Å². The van der Waals surface area contributed by atoms with Gasteiger partial charge in [-0.2, -0.15) is 0 Å². The van der Waals surface area contributed by atoms with E-state index in [0.29, 0.717) is 18.5 Å². The Balaban J connectivity index is 1.35. The van der Waals surface area contributed by atoms with Crippen molar-refractivity contribution >= 4 is 27.5 Å². The second kappa shape index (κ2) is 7.36. The van der Waals surface area contributed by atoms with Gasteiger partial charge in [0, 0.05) is 25.9 Å². The van der Waals surface area contributed by atoms with E-state index < -0.39 is 0 Å². The molecule has 0 aliphatic carbocycles. The van der Waals surface area contributed by atoms with E-state index >= 15 is 0 Å². The zero-order chi connectivity index (χ0) is 17.9. The fraction of sp³-hybridized carbons (Fsp3) is 0.471. The highest BCUT2D eigenvalue weighted by atomic mass is 32.1. The third-order valence-corrected chi connectivity index (χ3v) is 5.48. The Morgan fingerprint density at radius 1 is 1.27 bits per heavy atom. The van der Waals surface area contributed by atoms with Crippen LogP contribution in [-0.2, 0) is 30.8 Å². The molecule has 0 saturated carbocycles. The van der Waals surface area contributed by atoms with E-state index in [1.807, 2.05) is 5.38 Å². The lowest BCUT2D eigenvalue weighted by molar-refractivity contribution is -0.121. The van der Waals surface area contributed by atoms with Crippen molar-refractivity contribution in [2.75, 3.05) is 0 Å². The lowest BCUT2D eigenvalue weighted by atomic mass is 10.2. The number of nitrogens with one attached hydrogen (secondary N) is 1. The molecule has 1 aliphatic rings. The topological polar surface area (TPSA) is 94.7 Å². The zero-order valence-corrected chi connectivity index (χ0v) is 15.2. The second-order valence-corrected chi connectivity index (χ2v) is 7.30. The Labute approximate surface area is 153 Å². The average molecular weight is 372 g/mol. The number of hydrogen-bond donors (Lipinski definition) is 1. The molecule has 0 saturated heterocycles. The van der Waals surface area contributed by atoms with Gasteiger partial charge in [0.2, 0.25) is 5.91 Å². The van der Waals surface area contributed by atoms with Crippen LogP contribution < -0.4 is 10.9 Å². The number of carbonyl (C=O) groups is 1. The fourth-order valence-electron chi connectivity index (χ4n) is 3.22. The van der Waals surface area contributed by atoms with Crippen LogP contribution in [0.4, 0.5) is 0 Å². The predicted octanol–water partition coefficient (Wildman–Crippen LogP) is 1.48. The Kier molecular flexibility index (Phi) is 4.79. The number of nitrogens with zero attached hydrogens (tertiary/aromatic N) is 5. The molecule has 0 unspecified atom stereocenters. The summed E-state index contributed by atoms with van der Waals surface area (Å²) in [7, 11) is 0. The van der Waals surface area contributed by atoms with Crippen LogP contribution >= 0.6 is 11.3 Å².